The molecule has 1 aromatic rings. The topological polar surface area (TPSA) is 38.8 Å². The first-order valence-electron chi connectivity index (χ1n) is 7.74. The smallest absolute Gasteiger partial charge is 0.299 e. The Kier molecular flexibility index (Phi) is 4.19. The summed E-state index contributed by atoms with van der Waals surface area (Å²) >= 11 is 0. The predicted molar refractivity (Wildman–Crippen MR) is 83.2 cm³/mol. The van der Waals surface area contributed by atoms with Crippen molar-refractivity contribution in [1.29, 1.82) is 0 Å². The molecule has 2 aliphatic heterocycles. The molecule has 3 atom stereocenters. The number of hydrogen-bond donors (Lipinski definition) is 0. The first-order chi connectivity index (χ1) is 10.6. The molecule has 0 aromatic heterocycles. The second-order valence-corrected chi connectivity index (χ2v) is 6.06. The van der Waals surface area contributed by atoms with E-state index < -0.39 is 0 Å². The standard InChI is InChI=1S/C18H21NO3/c1-14-12-19(13-18(22-14)10-11-21-15(18)2)17(20)9-8-16-6-4-3-5-7-16/h3-7,14-15H,10-13H2,1-2H3/t14-,15+,18-/m1/s1. The molecule has 4 heteroatoms. The van der Waals surface area contributed by atoms with Crippen LogP contribution < -0.4 is 0 Å². The highest BCUT2D eigenvalue weighted by Crippen LogP contribution is 2.34. The molecule has 4 nitrogen and oxygen atoms in total. The van der Waals surface area contributed by atoms with Crippen LogP contribution in [-0.2, 0) is 14.3 Å². The van der Waals surface area contributed by atoms with Crippen LogP contribution >= 0.6 is 0 Å². The largest absolute Gasteiger partial charge is 0.375 e. The highest BCUT2D eigenvalue weighted by molar-refractivity contribution is 5.94. The molecule has 116 valence electrons. The van der Waals surface area contributed by atoms with Crippen LogP contribution in [0.2, 0.25) is 0 Å². The van der Waals surface area contributed by atoms with Gasteiger partial charge >= 0.3 is 0 Å². The van der Waals surface area contributed by atoms with Gasteiger partial charge in [0.2, 0.25) is 0 Å². The van der Waals surface area contributed by atoms with Gasteiger partial charge in [-0.3, -0.25) is 4.79 Å². The average molecular weight is 299 g/mol. The molecule has 0 aliphatic carbocycles. The van der Waals surface area contributed by atoms with Gasteiger partial charge in [0.15, 0.2) is 0 Å². The second-order valence-electron chi connectivity index (χ2n) is 6.06. The number of morpholine rings is 1. The summed E-state index contributed by atoms with van der Waals surface area (Å²) in [7, 11) is 0. The molecular weight excluding hydrogens is 278 g/mol. The van der Waals surface area contributed by atoms with E-state index in [0.29, 0.717) is 19.7 Å². The summed E-state index contributed by atoms with van der Waals surface area (Å²) in [6, 6.07) is 9.56. The molecule has 0 saturated carbocycles. The average Bonchev–Trinajstić information content (AvgIpc) is 2.85. The first kappa shape index (κ1) is 15.1. The summed E-state index contributed by atoms with van der Waals surface area (Å²) in [5, 5.41) is 0. The van der Waals surface area contributed by atoms with Gasteiger partial charge < -0.3 is 14.4 Å². The summed E-state index contributed by atoms with van der Waals surface area (Å²) in [4.78, 5) is 14.2. The Hall–Kier alpha value is -1.83. The maximum Gasteiger partial charge on any atom is 0.299 e. The van der Waals surface area contributed by atoms with E-state index in [-0.39, 0.29) is 23.7 Å². The lowest BCUT2D eigenvalue weighted by Crippen LogP contribution is -2.59. The van der Waals surface area contributed by atoms with Gasteiger partial charge in [0, 0.05) is 31.1 Å². The Morgan fingerprint density at radius 1 is 1.32 bits per heavy atom. The molecule has 1 amide bonds. The Balaban J connectivity index is 1.74. The van der Waals surface area contributed by atoms with E-state index in [1.54, 1.807) is 4.90 Å². The number of nitrogens with zero attached hydrogens (tertiary/aromatic N) is 1. The van der Waals surface area contributed by atoms with Crippen LogP contribution in [0.5, 0.6) is 0 Å². The van der Waals surface area contributed by atoms with Gasteiger partial charge in [-0.1, -0.05) is 24.1 Å². The molecule has 22 heavy (non-hydrogen) atoms. The Labute approximate surface area is 131 Å². The van der Waals surface area contributed by atoms with Gasteiger partial charge in [-0.25, -0.2) is 0 Å². The molecule has 2 heterocycles. The molecular formula is C18H21NO3. The van der Waals surface area contributed by atoms with Gasteiger partial charge in [0.05, 0.1) is 18.8 Å². The molecule has 2 fully saturated rings. The van der Waals surface area contributed by atoms with E-state index in [1.807, 2.05) is 44.2 Å². The summed E-state index contributed by atoms with van der Waals surface area (Å²) < 4.78 is 11.8. The molecule has 3 rings (SSSR count). The normalized spacial score (nSPS) is 30.9. The van der Waals surface area contributed by atoms with E-state index in [4.69, 9.17) is 9.47 Å². The predicted octanol–water partition coefficient (Wildman–Crippen LogP) is 1.83. The minimum atomic E-state index is -0.373. The van der Waals surface area contributed by atoms with Crippen LogP contribution in [-0.4, -0.2) is 48.3 Å². The lowest BCUT2D eigenvalue weighted by Gasteiger charge is -2.44. The molecule has 0 radical (unpaired) electrons. The van der Waals surface area contributed by atoms with Gasteiger partial charge in [-0.15, -0.1) is 0 Å². The zero-order valence-electron chi connectivity index (χ0n) is 13.0. The van der Waals surface area contributed by atoms with Crippen molar-refractivity contribution in [3.05, 3.63) is 35.9 Å². The van der Waals surface area contributed by atoms with Crippen LogP contribution in [0.15, 0.2) is 30.3 Å². The van der Waals surface area contributed by atoms with Crippen LogP contribution in [0, 0.1) is 11.8 Å². The maximum absolute atomic E-state index is 12.4. The SMILES string of the molecule is C[C@@H]1CN(C(=O)C#Cc2ccccc2)C[C@@]2(CCO[C@H]2C)O1. The summed E-state index contributed by atoms with van der Waals surface area (Å²) in [5.41, 5.74) is 0.478. The third kappa shape index (κ3) is 3.01. The summed E-state index contributed by atoms with van der Waals surface area (Å²) in [5.74, 6) is 5.54. The van der Waals surface area contributed by atoms with Gasteiger partial charge in [0.1, 0.15) is 5.60 Å². The number of ether oxygens (including phenoxy) is 2. The van der Waals surface area contributed by atoms with Gasteiger partial charge in [-0.2, -0.15) is 0 Å². The maximum atomic E-state index is 12.4. The van der Waals surface area contributed by atoms with Gasteiger partial charge in [0.25, 0.3) is 5.91 Å². The fourth-order valence-electron chi connectivity index (χ4n) is 3.18. The third-order valence-electron chi connectivity index (χ3n) is 4.38. The molecule has 2 saturated heterocycles. The van der Waals surface area contributed by atoms with Crippen molar-refractivity contribution in [3.63, 3.8) is 0 Å². The monoisotopic (exact) mass is 299 g/mol. The fourth-order valence-corrected chi connectivity index (χ4v) is 3.18. The highest BCUT2D eigenvalue weighted by atomic mass is 16.6. The minimum Gasteiger partial charge on any atom is -0.375 e. The molecule has 1 aromatic carbocycles. The zero-order valence-corrected chi connectivity index (χ0v) is 13.0. The van der Waals surface area contributed by atoms with Crippen LogP contribution in [0.1, 0.15) is 25.8 Å². The third-order valence-corrected chi connectivity index (χ3v) is 4.38. The quantitative estimate of drug-likeness (QED) is 0.686. The first-order valence-corrected chi connectivity index (χ1v) is 7.74. The van der Waals surface area contributed by atoms with Crippen molar-refractivity contribution in [3.8, 4) is 11.8 Å². The lowest BCUT2D eigenvalue weighted by atomic mass is 9.93. The highest BCUT2D eigenvalue weighted by Gasteiger charge is 2.48. The van der Waals surface area contributed by atoms with Crippen molar-refractivity contribution >= 4 is 5.91 Å². The van der Waals surface area contributed by atoms with E-state index >= 15 is 0 Å². The zero-order chi connectivity index (χ0) is 15.6. The molecule has 0 bridgehead atoms. The minimum absolute atomic E-state index is 0.000347. The van der Waals surface area contributed by atoms with Crippen molar-refractivity contribution in [2.45, 2.75) is 38.1 Å². The number of rotatable bonds is 0. The molecule has 2 aliphatic rings. The van der Waals surface area contributed by atoms with Crippen molar-refractivity contribution < 1.29 is 14.3 Å². The molecule has 1 spiro atoms. The fraction of sp³-hybridized carbons (Fsp3) is 0.500. The van der Waals surface area contributed by atoms with E-state index in [9.17, 15) is 4.79 Å². The number of carbonyl (C=O) groups excluding carboxylic acids is 1. The molecule has 0 N–H and O–H groups in total. The Morgan fingerprint density at radius 2 is 2.09 bits per heavy atom. The van der Waals surface area contributed by atoms with Crippen molar-refractivity contribution in [2.24, 2.45) is 0 Å². The Morgan fingerprint density at radius 3 is 2.77 bits per heavy atom. The van der Waals surface area contributed by atoms with Crippen LogP contribution in [0.3, 0.4) is 0 Å². The van der Waals surface area contributed by atoms with E-state index in [2.05, 4.69) is 11.8 Å². The van der Waals surface area contributed by atoms with Crippen LogP contribution in [0.25, 0.3) is 0 Å². The number of benzene rings is 1. The summed E-state index contributed by atoms with van der Waals surface area (Å²) in [6.07, 6.45) is 0.835. The van der Waals surface area contributed by atoms with E-state index in [0.717, 1.165) is 12.0 Å². The lowest BCUT2D eigenvalue weighted by molar-refractivity contribution is -0.175. The molecule has 0 unspecified atom stereocenters. The summed E-state index contributed by atoms with van der Waals surface area (Å²) in [6.45, 7) is 5.84. The van der Waals surface area contributed by atoms with Crippen molar-refractivity contribution in [1.82, 2.24) is 4.90 Å². The van der Waals surface area contributed by atoms with Crippen molar-refractivity contribution in [2.75, 3.05) is 19.7 Å². The number of carbonyl (C=O) groups is 1. The number of hydrogen-bond acceptors (Lipinski definition) is 3. The van der Waals surface area contributed by atoms with Crippen LogP contribution in [0.4, 0.5) is 0 Å². The Bertz CT molecular complexity index is 604. The van der Waals surface area contributed by atoms with Gasteiger partial charge in [-0.05, 0) is 26.0 Å². The second kappa shape index (κ2) is 6.12. The van der Waals surface area contributed by atoms with E-state index in [1.165, 1.54) is 0 Å². The number of amides is 1.